The van der Waals surface area contributed by atoms with Crippen molar-refractivity contribution in [2.24, 2.45) is 0 Å². The molecule has 3 nitrogen and oxygen atoms in total. The van der Waals surface area contributed by atoms with Gasteiger partial charge in [0, 0.05) is 23.6 Å². The lowest BCUT2D eigenvalue weighted by Gasteiger charge is -2.33. The van der Waals surface area contributed by atoms with Crippen molar-refractivity contribution in [3.63, 3.8) is 0 Å². The molecule has 1 fully saturated rings. The molecule has 1 aliphatic rings. The molecule has 0 spiro atoms. The van der Waals surface area contributed by atoms with Gasteiger partial charge in [-0.2, -0.15) is 0 Å². The second kappa shape index (κ2) is 6.23. The van der Waals surface area contributed by atoms with Crippen LogP contribution in [0.25, 0.3) is 0 Å². The zero-order valence-electron chi connectivity index (χ0n) is 10.7. The number of nitrogens with zero attached hydrogens (tertiary/aromatic N) is 1. The third kappa shape index (κ3) is 3.48. The number of hydrogen-bond acceptors (Lipinski definition) is 1. The summed E-state index contributed by atoms with van der Waals surface area (Å²) in [5.74, 6) is 0. The van der Waals surface area contributed by atoms with Gasteiger partial charge in [-0.3, -0.25) is 0 Å². The molecular weight excluding hydrogens is 292 g/mol. The molecule has 2 amide bonds. The Bertz CT molecular complexity index is 422. The average Bonchev–Trinajstić information content (AvgIpc) is 2.37. The summed E-state index contributed by atoms with van der Waals surface area (Å²) in [6, 6.07) is 8.43. The number of benzene rings is 1. The van der Waals surface area contributed by atoms with E-state index < -0.39 is 0 Å². The average molecular weight is 311 g/mol. The monoisotopic (exact) mass is 310 g/mol. The molecule has 2 rings (SSSR count). The highest BCUT2D eigenvalue weighted by molar-refractivity contribution is 9.10. The molecule has 1 saturated heterocycles. The van der Waals surface area contributed by atoms with Crippen molar-refractivity contribution in [3.8, 4) is 0 Å². The van der Waals surface area contributed by atoms with Crippen molar-refractivity contribution in [1.82, 2.24) is 10.2 Å². The summed E-state index contributed by atoms with van der Waals surface area (Å²) in [6.45, 7) is 3.59. The third-order valence-corrected chi connectivity index (χ3v) is 3.89. The lowest BCUT2D eigenvalue weighted by atomic mass is 10.0. The number of hydrogen-bond donors (Lipinski definition) is 1. The van der Waals surface area contributed by atoms with Crippen molar-refractivity contribution < 1.29 is 4.79 Å². The number of likely N-dealkylation sites (tertiary alicyclic amines) is 1. The number of amides is 2. The lowest BCUT2D eigenvalue weighted by molar-refractivity contribution is 0.158. The fourth-order valence-corrected chi connectivity index (χ4v) is 2.77. The molecule has 1 aromatic rings. The van der Waals surface area contributed by atoms with Crippen LogP contribution in [-0.4, -0.2) is 23.5 Å². The van der Waals surface area contributed by atoms with Crippen molar-refractivity contribution in [1.29, 1.82) is 0 Å². The summed E-state index contributed by atoms with van der Waals surface area (Å²) in [5, 5.41) is 2.99. The zero-order valence-corrected chi connectivity index (χ0v) is 12.2. The van der Waals surface area contributed by atoms with Gasteiger partial charge < -0.3 is 10.2 Å². The molecule has 18 heavy (non-hydrogen) atoms. The summed E-state index contributed by atoms with van der Waals surface area (Å²) in [6.07, 6.45) is 3.47. The normalized spacial score (nSPS) is 19.7. The minimum absolute atomic E-state index is 0.0576. The maximum Gasteiger partial charge on any atom is 0.317 e. The van der Waals surface area contributed by atoms with E-state index in [1.54, 1.807) is 0 Å². The van der Waals surface area contributed by atoms with Gasteiger partial charge in [0.1, 0.15) is 0 Å². The van der Waals surface area contributed by atoms with Crippen LogP contribution in [0.5, 0.6) is 0 Å². The zero-order chi connectivity index (χ0) is 13.0. The van der Waals surface area contributed by atoms with Crippen molar-refractivity contribution in [3.05, 3.63) is 34.3 Å². The first kappa shape index (κ1) is 13.4. The Labute approximate surface area is 117 Å². The lowest BCUT2D eigenvalue weighted by Crippen LogP contribution is -2.47. The predicted molar refractivity (Wildman–Crippen MR) is 76.4 cm³/mol. The van der Waals surface area contributed by atoms with E-state index in [4.69, 9.17) is 0 Å². The van der Waals surface area contributed by atoms with Gasteiger partial charge in [0.15, 0.2) is 0 Å². The van der Waals surface area contributed by atoms with Crippen LogP contribution in [0, 0.1) is 0 Å². The minimum atomic E-state index is 0.0576. The Morgan fingerprint density at radius 3 is 3.06 bits per heavy atom. The highest BCUT2D eigenvalue weighted by Crippen LogP contribution is 2.16. The number of carbonyl (C=O) groups excluding carboxylic acids is 1. The predicted octanol–water partition coefficient (Wildman–Crippen LogP) is 3.53. The van der Waals surface area contributed by atoms with Crippen LogP contribution in [0.2, 0.25) is 0 Å². The molecule has 0 aromatic heterocycles. The number of piperidine rings is 1. The Hall–Kier alpha value is -1.03. The van der Waals surface area contributed by atoms with E-state index in [1.807, 2.05) is 29.2 Å². The number of rotatable bonds is 2. The first-order valence-electron chi connectivity index (χ1n) is 6.46. The molecule has 1 atom stereocenters. The largest absolute Gasteiger partial charge is 0.334 e. The van der Waals surface area contributed by atoms with E-state index in [-0.39, 0.29) is 6.03 Å². The molecule has 4 heteroatoms. The first-order valence-corrected chi connectivity index (χ1v) is 7.25. The second-order valence-electron chi connectivity index (χ2n) is 4.83. The van der Waals surface area contributed by atoms with E-state index in [2.05, 4.69) is 28.2 Å². The van der Waals surface area contributed by atoms with Crippen molar-refractivity contribution in [2.45, 2.75) is 38.8 Å². The quantitative estimate of drug-likeness (QED) is 0.890. The van der Waals surface area contributed by atoms with Gasteiger partial charge in [0.05, 0.1) is 0 Å². The van der Waals surface area contributed by atoms with Crippen LogP contribution in [-0.2, 0) is 6.54 Å². The fraction of sp³-hybridized carbons (Fsp3) is 0.500. The standard InChI is InChI=1S/C14H19BrN2O/c1-11-5-2-3-8-17(11)14(18)16-10-12-6-4-7-13(15)9-12/h4,6-7,9,11H,2-3,5,8,10H2,1H3,(H,16,18). The molecule has 1 N–H and O–H groups in total. The molecule has 0 radical (unpaired) electrons. The van der Waals surface area contributed by atoms with Gasteiger partial charge in [-0.25, -0.2) is 4.79 Å². The number of nitrogens with one attached hydrogen (secondary N) is 1. The molecular formula is C14H19BrN2O. The molecule has 0 bridgehead atoms. The maximum atomic E-state index is 12.1. The Balaban J connectivity index is 1.88. The summed E-state index contributed by atoms with van der Waals surface area (Å²) >= 11 is 3.43. The van der Waals surface area contributed by atoms with Gasteiger partial charge in [-0.05, 0) is 43.9 Å². The van der Waals surface area contributed by atoms with Gasteiger partial charge in [0.25, 0.3) is 0 Å². The van der Waals surface area contributed by atoms with Crippen molar-refractivity contribution in [2.75, 3.05) is 6.54 Å². The first-order chi connectivity index (χ1) is 8.66. The Kier molecular flexibility index (Phi) is 4.64. The Morgan fingerprint density at radius 1 is 1.50 bits per heavy atom. The van der Waals surface area contributed by atoms with E-state index in [0.29, 0.717) is 12.6 Å². The Morgan fingerprint density at radius 2 is 2.33 bits per heavy atom. The van der Waals surface area contributed by atoms with Crippen LogP contribution in [0.4, 0.5) is 4.79 Å². The van der Waals surface area contributed by atoms with E-state index in [1.165, 1.54) is 6.42 Å². The van der Waals surface area contributed by atoms with Gasteiger partial charge in [-0.1, -0.05) is 28.1 Å². The van der Waals surface area contributed by atoms with Crippen LogP contribution in [0.3, 0.4) is 0 Å². The van der Waals surface area contributed by atoms with Crippen LogP contribution in [0.15, 0.2) is 28.7 Å². The van der Waals surface area contributed by atoms with Crippen LogP contribution in [0.1, 0.15) is 31.7 Å². The molecule has 1 heterocycles. The fourth-order valence-electron chi connectivity index (χ4n) is 2.33. The maximum absolute atomic E-state index is 12.1. The molecule has 0 saturated carbocycles. The molecule has 1 aliphatic heterocycles. The van der Waals surface area contributed by atoms with E-state index in [0.717, 1.165) is 29.4 Å². The van der Waals surface area contributed by atoms with Gasteiger partial charge in [-0.15, -0.1) is 0 Å². The highest BCUT2D eigenvalue weighted by atomic mass is 79.9. The van der Waals surface area contributed by atoms with Crippen LogP contribution < -0.4 is 5.32 Å². The topological polar surface area (TPSA) is 32.3 Å². The van der Waals surface area contributed by atoms with Crippen LogP contribution >= 0.6 is 15.9 Å². The smallest absolute Gasteiger partial charge is 0.317 e. The molecule has 1 aromatic carbocycles. The SMILES string of the molecule is CC1CCCCN1C(=O)NCc1cccc(Br)c1. The summed E-state index contributed by atoms with van der Waals surface area (Å²) in [5.41, 5.74) is 1.11. The number of halogens is 1. The summed E-state index contributed by atoms with van der Waals surface area (Å²) in [4.78, 5) is 14.0. The van der Waals surface area contributed by atoms with E-state index in [9.17, 15) is 4.79 Å². The summed E-state index contributed by atoms with van der Waals surface area (Å²) < 4.78 is 1.04. The number of urea groups is 1. The molecule has 98 valence electrons. The molecule has 1 unspecified atom stereocenters. The van der Waals surface area contributed by atoms with E-state index >= 15 is 0 Å². The number of carbonyl (C=O) groups is 1. The van der Waals surface area contributed by atoms with Crippen molar-refractivity contribution >= 4 is 22.0 Å². The highest BCUT2D eigenvalue weighted by Gasteiger charge is 2.22. The molecule has 0 aliphatic carbocycles. The minimum Gasteiger partial charge on any atom is -0.334 e. The van der Waals surface area contributed by atoms with Gasteiger partial charge >= 0.3 is 6.03 Å². The van der Waals surface area contributed by atoms with Gasteiger partial charge in [0.2, 0.25) is 0 Å². The second-order valence-corrected chi connectivity index (χ2v) is 5.74. The third-order valence-electron chi connectivity index (χ3n) is 3.40. The summed E-state index contributed by atoms with van der Waals surface area (Å²) in [7, 11) is 0.